The molecule has 0 saturated carbocycles. The number of fused-ring (bicyclic) bond motifs is 1. The van der Waals surface area contributed by atoms with E-state index in [9.17, 15) is 0 Å². The molecule has 0 aliphatic rings. The number of aryl methyl sites for hydroxylation is 1. The second-order valence-electron chi connectivity index (χ2n) is 2.48. The van der Waals surface area contributed by atoms with Crippen LogP contribution < -0.4 is 0 Å². The average Bonchev–Trinajstić information content (AvgIpc) is 2.48. The van der Waals surface area contributed by atoms with Crippen molar-refractivity contribution >= 4 is 23.3 Å². The van der Waals surface area contributed by atoms with Gasteiger partial charge in [-0.05, 0) is 6.42 Å². The summed E-state index contributed by atoms with van der Waals surface area (Å²) in [5.74, 6) is 0. The Morgan fingerprint density at radius 2 is 2.25 bits per heavy atom. The van der Waals surface area contributed by atoms with Gasteiger partial charge in [-0.3, -0.25) is 10.2 Å². The standard InChI is InChI=1S/C7H8N4S/c1-2-4-5-6(9-3-8-4)10-11-7(5)12/h3H,2H2,1H3,(H2,8,9,10,11,12). The van der Waals surface area contributed by atoms with Gasteiger partial charge in [0.1, 0.15) is 11.0 Å². The van der Waals surface area contributed by atoms with Gasteiger partial charge >= 0.3 is 0 Å². The van der Waals surface area contributed by atoms with Crippen LogP contribution in [-0.2, 0) is 6.42 Å². The summed E-state index contributed by atoms with van der Waals surface area (Å²) in [6, 6.07) is 0. The molecule has 0 radical (unpaired) electrons. The van der Waals surface area contributed by atoms with Crippen LogP contribution in [-0.4, -0.2) is 20.2 Å². The fraction of sp³-hybridized carbons (Fsp3) is 0.286. The molecule has 2 aromatic rings. The lowest BCUT2D eigenvalue weighted by atomic mass is 10.2. The van der Waals surface area contributed by atoms with Gasteiger partial charge in [-0.2, -0.15) is 0 Å². The molecule has 2 rings (SSSR count). The quantitative estimate of drug-likeness (QED) is 0.655. The molecule has 0 aliphatic heterocycles. The monoisotopic (exact) mass is 180 g/mol. The van der Waals surface area contributed by atoms with E-state index in [4.69, 9.17) is 12.2 Å². The van der Waals surface area contributed by atoms with E-state index in [1.165, 1.54) is 0 Å². The van der Waals surface area contributed by atoms with Crippen molar-refractivity contribution < 1.29 is 0 Å². The molecule has 0 saturated heterocycles. The number of nitrogens with one attached hydrogen (secondary N) is 2. The zero-order valence-corrected chi connectivity index (χ0v) is 7.40. The first kappa shape index (κ1) is 7.42. The molecule has 5 heteroatoms. The molecule has 12 heavy (non-hydrogen) atoms. The summed E-state index contributed by atoms with van der Waals surface area (Å²) >= 11 is 5.07. The predicted octanol–water partition coefficient (Wildman–Crippen LogP) is 1.58. The fourth-order valence-corrected chi connectivity index (χ4v) is 1.47. The molecular weight excluding hydrogens is 172 g/mol. The van der Waals surface area contributed by atoms with Gasteiger partial charge in [0, 0.05) is 0 Å². The molecule has 0 fully saturated rings. The molecule has 62 valence electrons. The van der Waals surface area contributed by atoms with Gasteiger partial charge < -0.3 is 0 Å². The predicted molar refractivity (Wildman–Crippen MR) is 48.5 cm³/mol. The van der Waals surface area contributed by atoms with Crippen LogP contribution in [0.3, 0.4) is 0 Å². The number of aromatic nitrogens is 4. The Morgan fingerprint density at radius 3 is 3.00 bits per heavy atom. The Bertz CT molecular complexity index is 456. The summed E-state index contributed by atoms with van der Waals surface area (Å²) in [6.07, 6.45) is 2.41. The van der Waals surface area contributed by atoms with Crippen LogP contribution in [0.2, 0.25) is 0 Å². The molecule has 0 aromatic carbocycles. The van der Waals surface area contributed by atoms with E-state index in [1.54, 1.807) is 6.33 Å². The van der Waals surface area contributed by atoms with Gasteiger partial charge in [0.2, 0.25) is 0 Å². The molecule has 2 aromatic heterocycles. The van der Waals surface area contributed by atoms with Crippen molar-refractivity contribution in [2.45, 2.75) is 13.3 Å². The fourth-order valence-electron chi connectivity index (χ4n) is 1.20. The first-order valence-electron chi connectivity index (χ1n) is 3.73. The van der Waals surface area contributed by atoms with Crippen LogP contribution in [0.25, 0.3) is 11.0 Å². The molecule has 2 N–H and O–H groups in total. The summed E-state index contributed by atoms with van der Waals surface area (Å²) in [5, 5.41) is 6.66. The maximum atomic E-state index is 5.07. The number of hydrogen-bond acceptors (Lipinski definition) is 3. The van der Waals surface area contributed by atoms with Crippen LogP contribution in [0, 0.1) is 4.64 Å². The summed E-state index contributed by atoms with van der Waals surface area (Å²) in [6.45, 7) is 2.05. The molecule has 0 spiro atoms. The summed E-state index contributed by atoms with van der Waals surface area (Å²) in [4.78, 5) is 8.19. The van der Waals surface area contributed by atoms with Crippen molar-refractivity contribution in [1.82, 2.24) is 20.2 Å². The summed E-state index contributed by atoms with van der Waals surface area (Å²) in [7, 11) is 0. The topological polar surface area (TPSA) is 57.4 Å². The summed E-state index contributed by atoms with van der Waals surface area (Å²) in [5.41, 5.74) is 1.77. The lowest BCUT2D eigenvalue weighted by Crippen LogP contribution is -1.89. The lowest BCUT2D eigenvalue weighted by Gasteiger charge is -1.94. The van der Waals surface area contributed by atoms with Crippen molar-refractivity contribution in [3.05, 3.63) is 16.7 Å². The number of aromatic amines is 2. The second-order valence-corrected chi connectivity index (χ2v) is 2.88. The van der Waals surface area contributed by atoms with Crippen LogP contribution in [0.1, 0.15) is 12.6 Å². The van der Waals surface area contributed by atoms with E-state index in [0.29, 0.717) is 4.64 Å². The van der Waals surface area contributed by atoms with Crippen molar-refractivity contribution in [2.24, 2.45) is 0 Å². The van der Waals surface area contributed by atoms with Crippen molar-refractivity contribution in [2.75, 3.05) is 0 Å². The van der Waals surface area contributed by atoms with Crippen molar-refractivity contribution in [1.29, 1.82) is 0 Å². The Kier molecular flexibility index (Phi) is 1.65. The second kappa shape index (κ2) is 2.67. The molecule has 0 bridgehead atoms. The van der Waals surface area contributed by atoms with Gasteiger partial charge in [-0.25, -0.2) is 9.97 Å². The van der Waals surface area contributed by atoms with Crippen molar-refractivity contribution in [3.8, 4) is 0 Å². The van der Waals surface area contributed by atoms with Crippen molar-refractivity contribution in [3.63, 3.8) is 0 Å². The van der Waals surface area contributed by atoms with Crippen LogP contribution >= 0.6 is 12.2 Å². The Morgan fingerprint density at radius 1 is 1.42 bits per heavy atom. The van der Waals surface area contributed by atoms with Gasteiger partial charge in [0.15, 0.2) is 5.65 Å². The third-order valence-corrected chi connectivity index (χ3v) is 2.09. The molecular formula is C7H8N4S. The number of nitrogens with zero attached hydrogens (tertiary/aromatic N) is 2. The highest BCUT2D eigenvalue weighted by Crippen LogP contribution is 2.13. The van der Waals surface area contributed by atoms with Gasteiger partial charge in [0.05, 0.1) is 11.1 Å². The maximum Gasteiger partial charge on any atom is 0.158 e. The molecule has 0 aliphatic carbocycles. The summed E-state index contributed by atoms with van der Waals surface area (Å²) < 4.78 is 0.683. The Balaban J connectivity index is 2.93. The lowest BCUT2D eigenvalue weighted by molar-refractivity contribution is 1.02. The minimum absolute atomic E-state index is 0.683. The minimum Gasteiger partial charge on any atom is -0.289 e. The van der Waals surface area contributed by atoms with Gasteiger partial charge in [-0.1, -0.05) is 19.1 Å². The number of hydrogen-bond donors (Lipinski definition) is 2. The highest BCUT2D eigenvalue weighted by molar-refractivity contribution is 7.71. The van der Waals surface area contributed by atoms with Crippen LogP contribution in [0.15, 0.2) is 6.33 Å². The largest absolute Gasteiger partial charge is 0.289 e. The van der Waals surface area contributed by atoms with E-state index in [1.807, 2.05) is 6.92 Å². The first-order chi connectivity index (χ1) is 5.83. The van der Waals surface area contributed by atoms with E-state index >= 15 is 0 Å². The number of H-pyrrole nitrogens is 2. The zero-order chi connectivity index (χ0) is 8.55. The first-order valence-corrected chi connectivity index (χ1v) is 4.14. The van der Waals surface area contributed by atoms with Gasteiger partial charge in [0.25, 0.3) is 0 Å². The Hall–Kier alpha value is -1.23. The van der Waals surface area contributed by atoms with E-state index < -0.39 is 0 Å². The third kappa shape index (κ3) is 0.937. The number of rotatable bonds is 1. The smallest absolute Gasteiger partial charge is 0.158 e. The van der Waals surface area contributed by atoms with E-state index in [0.717, 1.165) is 23.1 Å². The highest BCUT2D eigenvalue weighted by atomic mass is 32.1. The SMILES string of the molecule is CCc1ncnc2[nH][nH]c(=S)c12. The zero-order valence-electron chi connectivity index (χ0n) is 6.59. The highest BCUT2D eigenvalue weighted by Gasteiger charge is 2.04. The van der Waals surface area contributed by atoms with E-state index in [2.05, 4.69) is 20.2 Å². The van der Waals surface area contributed by atoms with Crippen LogP contribution in [0.5, 0.6) is 0 Å². The van der Waals surface area contributed by atoms with Crippen LogP contribution in [0.4, 0.5) is 0 Å². The minimum atomic E-state index is 0.683. The molecule has 4 nitrogen and oxygen atoms in total. The van der Waals surface area contributed by atoms with E-state index in [-0.39, 0.29) is 0 Å². The average molecular weight is 180 g/mol. The molecule has 0 amide bonds. The molecule has 0 atom stereocenters. The Labute approximate surface area is 74.0 Å². The molecule has 0 unspecified atom stereocenters. The third-order valence-electron chi connectivity index (χ3n) is 1.78. The molecule has 2 heterocycles. The normalized spacial score (nSPS) is 10.8. The van der Waals surface area contributed by atoms with Gasteiger partial charge in [-0.15, -0.1) is 0 Å². The maximum absolute atomic E-state index is 5.07.